The van der Waals surface area contributed by atoms with Gasteiger partial charge < -0.3 is 15.4 Å². The molecule has 0 aromatic heterocycles. The van der Waals surface area contributed by atoms with Crippen molar-refractivity contribution in [2.75, 3.05) is 13.1 Å². The van der Waals surface area contributed by atoms with E-state index < -0.39 is 0 Å². The SMILES string of the molecule is CCC(OC1CCCC1)C(=O)N1CCC(N)CC1.Cl. The molecule has 1 saturated carbocycles. The van der Waals surface area contributed by atoms with Gasteiger partial charge in [-0.2, -0.15) is 0 Å². The first-order chi connectivity index (χ1) is 8.70. The monoisotopic (exact) mass is 290 g/mol. The van der Waals surface area contributed by atoms with Crippen LogP contribution in [0, 0.1) is 0 Å². The summed E-state index contributed by atoms with van der Waals surface area (Å²) in [5, 5.41) is 0. The Morgan fingerprint density at radius 3 is 2.37 bits per heavy atom. The first-order valence-corrected chi connectivity index (χ1v) is 7.40. The molecular weight excluding hydrogens is 264 g/mol. The molecule has 2 fully saturated rings. The lowest BCUT2D eigenvalue weighted by atomic mass is 10.1. The number of hydrogen-bond donors (Lipinski definition) is 1. The standard InChI is InChI=1S/C14H26N2O2.ClH/c1-2-13(18-12-5-3-4-6-12)14(17)16-9-7-11(15)8-10-16;/h11-13H,2-10,15H2,1H3;1H. The van der Waals surface area contributed by atoms with Crippen LogP contribution in [0.15, 0.2) is 0 Å². The van der Waals surface area contributed by atoms with Crippen molar-refractivity contribution in [1.82, 2.24) is 4.90 Å². The van der Waals surface area contributed by atoms with E-state index in [1.54, 1.807) is 0 Å². The van der Waals surface area contributed by atoms with Crippen molar-refractivity contribution in [3.63, 3.8) is 0 Å². The van der Waals surface area contributed by atoms with E-state index in [2.05, 4.69) is 0 Å². The number of rotatable bonds is 4. The zero-order chi connectivity index (χ0) is 13.0. The fourth-order valence-electron chi connectivity index (χ4n) is 2.91. The van der Waals surface area contributed by atoms with Crippen LogP contribution < -0.4 is 5.73 Å². The van der Waals surface area contributed by atoms with Crippen LogP contribution in [0.2, 0.25) is 0 Å². The molecule has 1 saturated heterocycles. The summed E-state index contributed by atoms with van der Waals surface area (Å²) < 4.78 is 5.98. The third-order valence-electron chi connectivity index (χ3n) is 4.16. The number of likely N-dealkylation sites (tertiary alicyclic amines) is 1. The van der Waals surface area contributed by atoms with Crippen molar-refractivity contribution in [2.45, 2.75) is 70.1 Å². The van der Waals surface area contributed by atoms with Gasteiger partial charge >= 0.3 is 0 Å². The number of ether oxygens (including phenoxy) is 1. The highest BCUT2D eigenvalue weighted by Crippen LogP contribution is 2.24. The Hall–Kier alpha value is -0.320. The van der Waals surface area contributed by atoms with Gasteiger partial charge in [-0.1, -0.05) is 19.8 Å². The topological polar surface area (TPSA) is 55.6 Å². The lowest BCUT2D eigenvalue weighted by Crippen LogP contribution is -2.47. The van der Waals surface area contributed by atoms with Gasteiger partial charge in [0.1, 0.15) is 6.10 Å². The largest absolute Gasteiger partial charge is 0.365 e. The van der Waals surface area contributed by atoms with Crippen LogP contribution in [0.25, 0.3) is 0 Å². The summed E-state index contributed by atoms with van der Waals surface area (Å²) in [6.07, 6.45) is 7.42. The molecule has 5 heteroatoms. The number of amides is 1. The Balaban J connectivity index is 0.00000180. The van der Waals surface area contributed by atoms with Crippen molar-refractivity contribution in [1.29, 1.82) is 0 Å². The van der Waals surface area contributed by atoms with Crippen molar-refractivity contribution in [3.05, 3.63) is 0 Å². The van der Waals surface area contributed by atoms with Gasteiger partial charge in [-0.05, 0) is 32.1 Å². The average Bonchev–Trinajstić information content (AvgIpc) is 2.89. The van der Waals surface area contributed by atoms with Gasteiger partial charge in [0.25, 0.3) is 5.91 Å². The van der Waals surface area contributed by atoms with Crippen LogP contribution in [0.1, 0.15) is 51.9 Å². The molecule has 2 aliphatic rings. The molecule has 1 aliphatic carbocycles. The van der Waals surface area contributed by atoms with Gasteiger partial charge in [0.15, 0.2) is 0 Å². The molecule has 0 radical (unpaired) electrons. The second kappa shape index (κ2) is 8.08. The molecule has 1 heterocycles. The fourth-order valence-corrected chi connectivity index (χ4v) is 2.91. The third-order valence-corrected chi connectivity index (χ3v) is 4.16. The minimum Gasteiger partial charge on any atom is -0.365 e. The number of hydrogen-bond acceptors (Lipinski definition) is 3. The normalized spacial score (nSPS) is 23.2. The lowest BCUT2D eigenvalue weighted by molar-refractivity contribution is -0.148. The van der Waals surface area contributed by atoms with E-state index in [1.165, 1.54) is 12.8 Å². The zero-order valence-electron chi connectivity index (χ0n) is 11.8. The van der Waals surface area contributed by atoms with E-state index in [9.17, 15) is 4.79 Å². The highest BCUT2D eigenvalue weighted by molar-refractivity contribution is 5.85. The van der Waals surface area contributed by atoms with E-state index in [1.807, 2.05) is 11.8 Å². The third kappa shape index (κ3) is 4.62. The van der Waals surface area contributed by atoms with Crippen molar-refractivity contribution in [2.24, 2.45) is 5.73 Å². The molecule has 4 nitrogen and oxygen atoms in total. The predicted octanol–water partition coefficient (Wildman–Crippen LogP) is 2.10. The summed E-state index contributed by atoms with van der Waals surface area (Å²) >= 11 is 0. The Morgan fingerprint density at radius 2 is 1.84 bits per heavy atom. The number of halogens is 1. The zero-order valence-corrected chi connectivity index (χ0v) is 12.7. The number of carbonyl (C=O) groups is 1. The molecule has 1 unspecified atom stereocenters. The van der Waals surface area contributed by atoms with Crippen LogP contribution >= 0.6 is 12.4 Å². The minimum atomic E-state index is -0.234. The predicted molar refractivity (Wildman–Crippen MR) is 78.5 cm³/mol. The molecule has 2 N–H and O–H groups in total. The summed E-state index contributed by atoms with van der Waals surface area (Å²) in [4.78, 5) is 14.3. The Bertz CT molecular complexity index is 275. The molecule has 112 valence electrons. The van der Waals surface area contributed by atoms with E-state index in [4.69, 9.17) is 10.5 Å². The van der Waals surface area contributed by atoms with Crippen LogP contribution in [0.3, 0.4) is 0 Å². The molecule has 0 bridgehead atoms. The highest BCUT2D eigenvalue weighted by Gasteiger charge is 2.29. The van der Waals surface area contributed by atoms with Crippen molar-refractivity contribution < 1.29 is 9.53 Å². The highest BCUT2D eigenvalue weighted by atomic mass is 35.5. The van der Waals surface area contributed by atoms with E-state index in [0.29, 0.717) is 6.10 Å². The van der Waals surface area contributed by atoms with Gasteiger partial charge in [-0.3, -0.25) is 4.79 Å². The number of piperidine rings is 1. The second-order valence-electron chi connectivity index (χ2n) is 5.60. The van der Waals surface area contributed by atoms with Gasteiger partial charge in [-0.15, -0.1) is 12.4 Å². The first-order valence-electron chi connectivity index (χ1n) is 7.40. The molecule has 1 aliphatic heterocycles. The van der Waals surface area contributed by atoms with Crippen LogP contribution in [-0.4, -0.2) is 42.1 Å². The summed E-state index contributed by atoms with van der Waals surface area (Å²) in [5.41, 5.74) is 5.87. The smallest absolute Gasteiger partial charge is 0.251 e. The van der Waals surface area contributed by atoms with Crippen molar-refractivity contribution >= 4 is 18.3 Å². The fraction of sp³-hybridized carbons (Fsp3) is 0.929. The average molecular weight is 291 g/mol. The van der Waals surface area contributed by atoms with Crippen LogP contribution in [0.5, 0.6) is 0 Å². The second-order valence-corrected chi connectivity index (χ2v) is 5.60. The molecule has 0 spiro atoms. The maximum absolute atomic E-state index is 12.4. The molecule has 0 aromatic rings. The quantitative estimate of drug-likeness (QED) is 0.863. The van der Waals surface area contributed by atoms with Crippen LogP contribution in [-0.2, 0) is 9.53 Å². The molecule has 0 aromatic carbocycles. The van der Waals surface area contributed by atoms with Crippen LogP contribution in [0.4, 0.5) is 0 Å². The lowest BCUT2D eigenvalue weighted by Gasteiger charge is -2.33. The van der Waals surface area contributed by atoms with Gasteiger partial charge in [0, 0.05) is 19.1 Å². The molecule has 19 heavy (non-hydrogen) atoms. The van der Waals surface area contributed by atoms with Gasteiger partial charge in [0.2, 0.25) is 0 Å². The number of nitrogens with zero attached hydrogens (tertiary/aromatic N) is 1. The molecule has 2 rings (SSSR count). The van der Waals surface area contributed by atoms with Gasteiger partial charge in [-0.25, -0.2) is 0 Å². The minimum absolute atomic E-state index is 0. The summed E-state index contributed by atoms with van der Waals surface area (Å²) in [6.45, 7) is 3.63. The Labute approximate surface area is 122 Å². The number of carbonyl (C=O) groups excluding carboxylic acids is 1. The molecule has 1 amide bonds. The van der Waals surface area contributed by atoms with E-state index >= 15 is 0 Å². The summed E-state index contributed by atoms with van der Waals surface area (Å²) in [7, 11) is 0. The first kappa shape index (κ1) is 16.7. The summed E-state index contributed by atoms with van der Waals surface area (Å²) in [6, 6.07) is 0.268. The van der Waals surface area contributed by atoms with Gasteiger partial charge in [0.05, 0.1) is 6.10 Å². The maximum atomic E-state index is 12.4. The Kier molecular flexibility index (Phi) is 7.11. The molecule has 1 atom stereocenters. The maximum Gasteiger partial charge on any atom is 0.251 e. The van der Waals surface area contributed by atoms with E-state index in [-0.39, 0.29) is 30.5 Å². The number of nitrogens with two attached hydrogens (primary N) is 1. The van der Waals surface area contributed by atoms with E-state index in [0.717, 1.165) is 45.2 Å². The summed E-state index contributed by atoms with van der Waals surface area (Å²) in [5.74, 6) is 0.177. The molecular formula is C14H27ClN2O2. The van der Waals surface area contributed by atoms with Crippen molar-refractivity contribution in [3.8, 4) is 0 Å². The Morgan fingerprint density at radius 1 is 1.26 bits per heavy atom.